The summed E-state index contributed by atoms with van der Waals surface area (Å²) in [5, 5.41) is 6.07. The zero-order valence-corrected chi connectivity index (χ0v) is 21.6. The highest BCUT2D eigenvalue weighted by molar-refractivity contribution is 6.03. The van der Waals surface area contributed by atoms with Crippen molar-refractivity contribution in [3.8, 4) is 0 Å². The molecule has 2 N–H and O–H groups in total. The zero-order valence-electron chi connectivity index (χ0n) is 21.6. The molecule has 2 rings (SSSR count). The van der Waals surface area contributed by atoms with E-state index in [2.05, 4.69) is 17.6 Å². The minimum atomic E-state index is -0.788. The van der Waals surface area contributed by atoms with E-state index in [9.17, 15) is 14.4 Å². The van der Waals surface area contributed by atoms with Crippen molar-refractivity contribution in [3.05, 3.63) is 35.4 Å². The summed E-state index contributed by atoms with van der Waals surface area (Å²) in [4.78, 5) is 42.0. The van der Waals surface area contributed by atoms with Crippen LogP contribution in [-0.4, -0.2) is 67.2 Å². The monoisotopic (exact) mass is 474 g/mol. The van der Waals surface area contributed by atoms with Gasteiger partial charge in [-0.2, -0.15) is 0 Å². The molecule has 0 aliphatic carbocycles. The van der Waals surface area contributed by atoms with E-state index in [0.717, 1.165) is 24.0 Å². The van der Waals surface area contributed by atoms with Crippen LogP contribution in [0.2, 0.25) is 0 Å². The highest BCUT2D eigenvalue weighted by Crippen LogP contribution is 2.46. The van der Waals surface area contributed by atoms with Crippen molar-refractivity contribution in [2.75, 3.05) is 33.3 Å². The van der Waals surface area contributed by atoms with Crippen LogP contribution in [0.3, 0.4) is 0 Å². The molecular formula is C26H42N4O4. The number of ether oxygens (including phenoxy) is 1. The SMILES string of the molecule is CCCC(NC(=O)N1C(=O)C(CC)(CC)C1OCC(=O)N(CC)CCNC)c1ccc(C)cc1. The number of amides is 4. The summed E-state index contributed by atoms with van der Waals surface area (Å²) in [7, 11) is 1.84. The molecular weight excluding hydrogens is 432 g/mol. The molecule has 0 saturated carbocycles. The Morgan fingerprint density at radius 2 is 1.79 bits per heavy atom. The molecule has 8 heteroatoms. The van der Waals surface area contributed by atoms with Crippen LogP contribution in [0, 0.1) is 12.3 Å². The largest absolute Gasteiger partial charge is 0.347 e. The topological polar surface area (TPSA) is 91.0 Å². The molecule has 2 atom stereocenters. The quantitative estimate of drug-likeness (QED) is 0.426. The highest BCUT2D eigenvalue weighted by atomic mass is 16.5. The standard InChI is InChI=1S/C26H42N4O4/c1-7-11-21(20-14-12-19(5)13-15-20)28-25(33)30-23(32)26(8-2,9-3)24(30)34-18-22(31)29(10-4)17-16-27-6/h12-15,21,24,27H,7-11,16-18H2,1-6H3,(H,28,33). The third-order valence-corrected chi connectivity index (χ3v) is 6.92. The van der Waals surface area contributed by atoms with Crippen LogP contribution in [0.4, 0.5) is 4.79 Å². The number of hydrogen-bond acceptors (Lipinski definition) is 5. The van der Waals surface area contributed by atoms with Crippen molar-refractivity contribution in [1.82, 2.24) is 20.4 Å². The molecule has 0 radical (unpaired) electrons. The van der Waals surface area contributed by atoms with E-state index in [1.165, 1.54) is 4.90 Å². The maximum absolute atomic E-state index is 13.3. The molecule has 0 spiro atoms. The first-order valence-corrected chi connectivity index (χ1v) is 12.5. The molecule has 0 aromatic heterocycles. The third kappa shape index (κ3) is 5.96. The number of likely N-dealkylation sites (N-methyl/N-ethyl adjacent to an activating group) is 2. The molecule has 1 aliphatic rings. The lowest BCUT2D eigenvalue weighted by Crippen LogP contribution is -2.72. The Morgan fingerprint density at radius 3 is 2.32 bits per heavy atom. The Balaban J connectivity index is 2.17. The maximum Gasteiger partial charge on any atom is 0.326 e. The lowest BCUT2D eigenvalue weighted by molar-refractivity contribution is -0.212. The Bertz CT molecular complexity index is 823. The second-order valence-electron chi connectivity index (χ2n) is 8.98. The third-order valence-electron chi connectivity index (χ3n) is 6.92. The number of nitrogens with zero attached hydrogens (tertiary/aromatic N) is 2. The van der Waals surface area contributed by atoms with Crippen molar-refractivity contribution in [3.63, 3.8) is 0 Å². The summed E-state index contributed by atoms with van der Waals surface area (Å²) in [6.07, 6.45) is 1.96. The number of likely N-dealkylation sites (tertiary alicyclic amines) is 1. The van der Waals surface area contributed by atoms with Gasteiger partial charge in [0.2, 0.25) is 11.8 Å². The molecule has 1 aromatic rings. The van der Waals surface area contributed by atoms with Gasteiger partial charge in [0, 0.05) is 19.6 Å². The van der Waals surface area contributed by atoms with Gasteiger partial charge in [-0.15, -0.1) is 0 Å². The summed E-state index contributed by atoms with van der Waals surface area (Å²) in [5.74, 6) is -0.392. The Labute approximate surface area is 204 Å². The molecule has 1 aromatic carbocycles. The minimum Gasteiger partial charge on any atom is -0.347 e. The average molecular weight is 475 g/mol. The summed E-state index contributed by atoms with van der Waals surface area (Å²) >= 11 is 0. The lowest BCUT2D eigenvalue weighted by Gasteiger charge is -2.53. The van der Waals surface area contributed by atoms with Crippen LogP contribution in [-0.2, 0) is 14.3 Å². The molecule has 1 saturated heterocycles. The molecule has 34 heavy (non-hydrogen) atoms. The molecule has 1 aliphatic heterocycles. The van der Waals surface area contributed by atoms with Crippen molar-refractivity contribution < 1.29 is 19.1 Å². The average Bonchev–Trinajstić information content (AvgIpc) is 2.83. The van der Waals surface area contributed by atoms with Crippen LogP contribution < -0.4 is 10.6 Å². The van der Waals surface area contributed by atoms with Crippen LogP contribution in [0.25, 0.3) is 0 Å². The molecule has 4 amide bonds. The number of rotatable bonds is 13. The molecule has 190 valence electrons. The first-order chi connectivity index (χ1) is 16.3. The zero-order chi connectivity index (χ0) is 25.3. The first kappa shape index (κ1) is 27.8. The van der Waals surface area contributed by atoms with Gasteiger partial charge in [0.1, 0.15) is 6.61 Å². The normalized spacial score (nSPS) is 17.8. The second kappa shape index (κ2) is 12.9. The Kier molecular flexibility index (Phi) is 10.5. The molecule has 8 nitrogen and oxygen atoms in total. The van der Waals surface area contributed by atoms with Crippen molar-refractivity contribution in [2.24, 2.45) is 5.41 Å². The van der Waals surface area contributed by atoms with Gasteiger partial charge in [-0.05, 0) is 45.7 Å². The van der Waals surface area contributed by atoms with E-state index in [4.69, 9.17) is 4.74 Å². The first-order valence-electron chi connectivity index (χ1n) is 12.5. The van der Waals surface area contributed by atoms with E-state index >= 15 is 0 Å². The minimum absolute atomic E-state index is 0.151. The van der Waals surface area contributed by atoms with Gasteiger partial charge in [-0.25, -0.2) is 9.69 Å². The molecule has 2 unspecified atom stereocenters. The number of carbonyl (C=O) groups excluding carboxylic acids is 3. The summed E-state index contributed by atoms with van der Waals surface area (Å²) in [5.41, 5.74) is 1.36. The fraction of sp³-hybridized carbons (Fsp3) is 0.654. The van der Waals surface area contributed by atoms with Crippen LogP contribution in [0.15, 0.2) is 24.3 Å². The number of carbonyl (C=O) groups is 3. The van der Waals surface area contributed by atoms with E-state index in [1.54, 1.807) is 4.90 Å². The van der Waals surface area contributed by atoms with E-state index < -0.39 is 17.7 Å². The van der Waals surface area contributed by atoms with Gasteiger partial charge in [0.25, 0.3) is 0 Å². The fourth-order valence-electron chi connectivity index (χ4n) is 4.54. The maximum atomic E-state index is 13.3. The van der Waals surface area contributed by atoms with Crippen molar-refractivity contribution in [2.45, 2.75) is 72.6 Å². The molecule has 0 bridgehead atoms. The van der Waals surface area contributed by atoms with E-state index in [-0.39, 0.29) is 24.5 Å². The fourth-order valence-corrected chi connectivity index (χ4v) is 4.54. The number of nitrogens with one attached hydrogen (secondary N) is 2. The smallest absolute Gasteiger partial charge is 0.326 e. The number of imide groups is 1. The Hall–Kier alpha value is -2.45. The number of hydrogen-bond donors (Lipinski definition) is 2. The van der Waals surface area contributed by atoms with Crippen molar-refractivity contribution >= 4 is 17.8 Å². The number of benzene rings is 1. The van der Waals surface area contributed by atoms with Gasteiger partial charge in [-0.3, -0.25) is 9.59 Å². The number of urea groups is 1. The summed E-state index contributed by atoms with van der Waals surface area (Å²) < 4.78 is 6.00. The van der Waals surface area contributed by atoms with Crippen LogP contribution >= 0.6 is 0 Å². The molecule has 1 fully saturated rings. The summed E-state index contributed by atoms with van der Waals surface area (Å²) in [6, 6.07) is 7.37. The Morgan fingerprint density at radius 1 is 1.15 bits per heavy atom. The van der Waals surface area contributed by atoms with Crippen LogP contribution in [0.5, 0.6) is 0 Å². The van der Waals surface area contributed by atoms with E-state index in [1.807, 2.05) is 59.0 Å². The van der Waals surface area contributed by atoms with Crippen LogP contribution in [0.1, 0.15) is 70.5 Å². The number of β-lactam (4-membered cyclic amide) rings is 1. The van der Waals surface area contributed by atoms with Gasteiger partial charge in [-0.1, -0.05) is 57.0 Å². The van der Waals surface area contributed by atoms with Gasteiger partial charge >= 0.3 is 6.03 Å². The molecule has 1 heterocycles. The van der Waals surface area contributed by atoms with Gasteiger partial charge < -0.3 is 20.3 Å². The van der Waals surface area contributed by atoms with Gasteiger partial charge in [0.15, 0.2) is 6.23 Å². The number of aryl methyl sites for hydroxylation is 1. The van der Waals surface area contributed by atoms with Gasteiger partial charge in [0.05, 0.1) is 11.5 Å². The lowest BCUT2D eigenvalue weighted by atomic mass is 9.72. The second-order valence-corrected chi connectivity index (χ2v) is 8.98. The van der Waals surface area contributed by atoms with Crippen molar-refractivity contribution in [1.29, 1.82) is 0 Å². The highest BCUT2D eigenvalue weighted by Gasteiger charge is 2.62. The predicted octanol–water partition coefficient (Wildman–Crippen LogP) is 3.61. The predicted molar refractivity (Wildman–Crippen MR) is 133 cm³/mol. The van der Waals surface area contributed by atoms with E-state index in [0.29, 0.717) is 32.5 Å². The summed E-state index contributed by atoms with van der Waals surface area (Å²) in [6.45, 7) is 11.5.